The third-order valence-corrected chi connectivity index (χ3v) is 3.93. The van der Waals surface area contributed by atoms with Gasteiger partial charge in [-0.1, -0.05) is 0 Å². The maximum absolute atomic E-state index is 12.4. The number of likely N-dealkylation sites (N-methyl/N-ethyl adjacent to an activating group) is 1. The van der Waals surface area contributed by atoms with Crippen LogP contribution in [0.3, 0.4) is 0 Å². The lowest BCUT2D eigenvalue weighted by Crippen LogP contribution is -2.47. The molecular formula is C16H23N3O4. The molecule has 2 rings (SSSR count). The van der Waals surface area contributed by atoms with Gasteiger partial charge in [-0.2, -0.15) is 0 Å². The number of rotatable bonds is 6. The summed E-state index contributed by atoms with van der Waals surface area (Å²) in [4.78, 5) is 27.8. The average Bonchev–Trinajstić information content (AvgIpc) is 2.57. The van der Waals surface area contributed by atoms with Gasteiger partial charge >= 0.3 is 0 Å². The highest BCUT2D eigenvalue weighted by atomic mass is 16.5. The van der Waals surface area contributed by atoms with Crippen molar-refractivity contribution in [1.82, 2.24) is 4.90 Å². The van der Waals surface area contributed by atoms with E-state index in [1.165, 1.54) is 12.0 Å². The van der Waals surface area contributed by atoms with E-state index >= 15 is 0 Å². The van der Waals surface area contributed by atoms with Crippen LogP contribution >= 0.6 is 0 Å². The van der Waals surface area contributed by atoms with Gasteiger partial charge in [-0.05, 0) is 13.8 Å². The molecule has 0 fully saturated rings. The van der Waals surface area contributed by atoms with Crippen LogP contribution in [0.4, 0.5) is 11.4 Å². The van der Waals surface area contributed by atoms with Crippen LogP contribution in [0.5, 0.6) is 11.5 Å². The fraction of sp³-hybridized carbons (Fsp3) is 0.500. The molecule has 0 bridgehead atoms. The largest absolute Gasteiger partial charge is 0.493 e. The highest BCUT2D eigenvalue weighted by Crippen LogP contribution is 2.39. The molecule has 23 heavy (non-hydrogen) atoms. The summed E-state index contributed by atoms with van der Waals surface area (Å²) in [5.41, 5.74) is 1.37. The van der Waals surface area contributed by atoms with Gasteiger partial charge in [0, 0.05) is 25.2 Å². The molecule has 0 radical (unpaired) electrons. The Labute approximate surface area is 136 Å². The lowest BCUT2D eigenvalue weighted by atomic mass is 10.1. The molecule has 0 saturated carbocycles. The minimum Gasteiger partial charge on any atom is -0.493 e. The minimum absolute atomic E-state index is 0.0185. The quantitative estimate of drug-likeness (QED) is 0.856. The summed E-state index contributed by atoms with van der Waals surface area (Å²) < 4.78 is 10.6. The molecule has 7 nitrogen and oxygen atoms in total. The van der Waals surface area contributed by atoms with Crippen LogP contribution in [-0.4, -0.2) is 57.1 Å². The number of anilines is 2. The zero-order valence-electron chi connectivity index (χ0n) is 14.0. The van der Waals surface area contributed by atoms with Crippen molar-refractivity contribution >= 4 is 23.2 Å². The maximum Gasteiger partial charge on any atom is 0.246 e. The minimum atomic E-state index is -0.148. The van der Waals surface area contributed by atoms with Crippen LogP contribution in [0.2, 0.25) is 0 Å². The Kier molecular flexibility index (Phi) is 5.31. The number of nitrogens with one attached hydrogen (secondary N) is 1. The first kappa shape index (κ1) is 16.9. The van der Waals surface area contributed by atoms with Crippen molar-refractivity contribution in [2.75, 3.05) is 50.6 Å². The molecule has 0 spiro atoms. The van der Waals surface area contributed by atoms with E-state index in [1.54, 1.807) is 24.1 Å². The third-order valence-electron chi connectivity index (χ3n) is 3.93. The van der Waals surface area contributed by atoms with Crippen LogP contribution in [0.1, 0.15) is 13.8 Å². The molecule has 126 valence electrons. The number of carbonyl (C=O) groups is 2. The molecular weight excluding hydrogens is 298 g/mol. The molecule has 1 aromatic rings. The monoisotopic (exact) mass is 321 g/mol. The molecule has 0 aromatic heterocycles. The van der Waals surface area contributed by atoms with Gasteiger partial charge in [0.15, 0.2) is 11.5 Å². The second-order valence-corrected chi connectivity index (χ2v) is 5.12. The van der Waals surface area contributed by atoms with E-state index in [0.717, 1.165) is 5.69 Å². The van der Waals surface area contributed by atoms with Gasteiger partial charge in [-0.15, -0.1) is 0 Å². The summed E-state index contributed by atoms with van der Waals surface area (Å²) in [7, 11) is 3.09. The van der Waals surface area contributed by atoms with Crippen molar-refractivity contribution in [2.45, 2.75) is 13.8 Å². The molecule has 2 amide bonds. The van der Waals surface area contributed by atoms with Gasteiger partial charge in [0.2, 0.25) is 11.8 Å². The van der Waals surface area contributed by atoms with E-state index in [2.05, 4.69) is 5.32 Å². The molecule has 1 heterocycles. The van der Waals surface area contributed by atoms with Gasteiger partial charge in [0.1, 0.15) is 6.54 Å². The molecule has 1 N–H and O–H groups in total. The standard InChI is InChI=1S/C16H23N3O4/c1-5-18(6-2)16(21)10-19-12-8-14(23-4)13(22-3)7-11(12)17-9-15(19)20/h7-8,17H,5-6,9-10H2,1-4H3. The van der Waals surface area contributed by atoms with Crippen LogP contribution in [0.25, 0.3) is 0 Å². The number of ether oxygens (including phenoxy) is 2. The predicted molar refractivity (Wildman–Crippen MR) is 88.3 cm³/mol. The van der Waals surface area contributed by atoms with E-state index in [9.17, 15) is 9.59 Å². The lowest BCUT2D eigenvalue weighted by Gasteiger charge is -2.32. The summed E-state index contributed by atoms with van der Waals surface area (Å²) in [5, 5.41) is 3.05. The average molecular weight is 321 g/mol. The highest BCUT2D eigenvalue weighted by Gasteiger charge is 2.28. The number of methoxy groups -OCH3 is 2. The number of amides is 2. The summed E-state index contributed by atoms with van der Waals surface area (Å²) in [5.74, 6) is 0.863. The summed E-state index contributed by atoms with van der Waals surface area (Å²) in [6.07, 6.45) is 0. The van der Waals surface area contributed by atoms with Crippen LogP contribution in [-0.2, 0) is 9.59 Å². The summed E-state index contributed by atoms with van der Waals surface area (Å²) in [6, 6.07) is 3.49. The first-order valence-corrected chi connectivity index (χ1v) is 7.63. The van der Waals surface area contributed by atoms with Crippen LogP contribution < -0.4 is 19.7 Å². The number of carbonyl (C=O) groups excluding carboxylic acids is 2. The molecule has 1 aliphatic rings. The number of hydrogen-bond acceptors (Lipinski definition) is 5. The molecule has 0 saturated heterocycles. The summed E-state index contributed by atoms with van der Waals surface area (Å²) >= 11 is 0. The second kappa shape index (κ2) is 7.21. The molecule has 0 unspecified atom stereocenters. The van der Waals surface area contributed by atoms with E-state index in [4.69, 9.17) is 9.47 Å². The SMILES string of the molecule is CCN(CC)C(=O)CN1C(=O)CNc2cc(OC)c(OC)cc21. The second-order valence-electron chi connectivity index (χ2n) is 5.12. The van der Waals surface area contributed by atoms with Crippen molar-refractivity contribution in [2.24, 2.45) is 0 Å². The highest BCUT2D eigenvalue weighted by molar-refractivity contribution is 6.06. The van der Waals surface area contributed by atoms with Crippen LogP contribution in [0.15, 0.2) is 12.1 Å². The fourth-order valence-electron chi connectivity index (χ4n) is 2.62. The number of benzene rings is 1. The van der Waals surface area contributed by atoms with Gasteiger partial charge < -0.3 is 19.7 Å². The van der Waals surface area contributed by atoms with E-state index in [0.29, 0.717) is 30.3 Å². The maximum atomic E-state index is 12.4. The first-order chi connectivity index (χ1) is 11.0. The number of fused-ring (bicyclic) bond motifs is 1. The Morgan fingerprint density at radius 2 is 1.83 bits per heavy atom. The zero-order chi connectivity index (χ0) is 17.0. The van der Waals surface area contributed by atoms with Crippen LogP contribution in [0, 0.1) is 0 Å². The Morgan fingerprint density at radius 1 is 1.22 bits per heavy atom. The Bertz CT molecular complexity index is 599. The molecule has 0 aliphatic carbocycles. The molecule has 0 atom stereocenters. The first-order valence-electron chi connectivity index (χ1n) is 7.63. The third kappa shape index (κ3) is 3.33. The topological polar surface area (TPSA) is 71.1 Å². The van der Waals surface area contributed by atoms with E-state index in [1.807, 2.05) is 13.8 Å². The number of hydrogen-bond donors (Lipinski definition) is 1. The van der Waals surface area contributed by atoms with Gasteiger partial charge in [-0.25, -0.2) is 0 Å². The smallest absolute Gasteiger partial charge is 0.246 e. The van der Waals surface area contributed by atoms with Crippen molar-refractivity contribution in [3.8, 4) is 11.5 Å². The normalized spacial score (nSPS) is 13.2. The van der Waals surface area contributed by atoms with E-state index in [-0.39, 0.29) is 24.9 Å². The zero-order valence-corrected chi connectivity index (χ0v) is 14.0. The van der Waals surface area contributed by atoms with Gasteiger partial charge in [0.25, 0.3) is 0 Å². The Hall–Kier alpha value is -2.44. The van der Waals surface area contributed by atoms with Crippen molar-refractivity contribution < 1.29 is 19.1 Å². The number of nitrogens with zero attached hydrogens (tertiary/aromatic N) is 2. The van der Waals surface area contributed by atoms with Gasteiger partial charge in [-0.3, -0.25) is 14.5 Å². The summed E-state index contributed by atoms with van der Waals surface area (Å²) in [6.45, 7) is 5.24. The molecule has 7 heteroatoms. The predicted octanol–water partition coefficient (Wildman–Crippen LogP) is 1.33. The Morgan fingerprint density at radius 3 is 2.39 bits per heavy atom. The van der Waals surface area contributed by atoms with Gasteiger partial charge in [0.05, 0.1) is 32.1 Å². The fourth-order valence-corrected chi connectivity index (χ4v) is 2.62. The Balaban J connectivity index is 2.35. The van der Waals surface area contributed by atoms with Crippen molar-refractivity contribution in [1.29, 1.82) is 0 Å². The molecule has 1 aliphatic heterocycles. The lowest BCUT2D eigenvalue weighted by molar-refractivity contribution is -0.130. The van der Waals surface area contributed by atoms with Crippen molar-refractivity contribution in [3.63, 3.8) is 0 Å². The van der Waals surface area contributed by atoms with Crippen molar-refractivity contribution in [3.05, 3.63) is 12.1 Å². The molecule has 1 aromatic carbocycles. The van der Waals surface area contributed by atoms with E-state index < -0.39 is 0 Å².